The molecule has 300 valence electrons. The van der Waals surface area contributed by atoms with E-state index in [0.29, 0.717) is 38.5 Å². The Morgan fingerprint density at radius 3 is 0.922 bits per heavy atom. The van der Waals surface area contributed by atoms with E-state index >= 15 is 0 Å². The molecule has 0 radical (unpaired) electrons. The van der Waals surface area contributed by atoms with Crippen molar-refractivity contribution in [2.75, 3.05) is 39.6 Å². The molecule has 1 rings (SSSR count). The van der Waals surface area contributed by atoms with Crippen LogP contribution in [0, 0.1) is 0 Å². The number of phosphoric ester groups is 3. The zero-order valence-corrected chi connectivity index (χ0v) is 31.4. The second kappa shape index (κ2) is 24.1. The van der Waals surface area contributed by atoms with Crippen molar-refractivity contribution in [3.8, 4) is 0 Å². The Balaban J connectivity index is 4.01. The van der Waals surface area contributed by atoms with Gasteiger partial charge in [0, 0.05) is 19.8 Å². The Morgan fingerprint density at radius 2 is 0.686 bits per heavy atom. The van der Waals surface area contributed by atoms with Gasteiger partial charge in [0.2, 0.25) is 0 Å². The van der Waals surface area contributed by atoms with Gasteiger partial charge in [-0.3, -0.25) is 27.1 Å². The minimum absolute atomic E-state index is 0.00801. The average molecular weight is 805 g/mol. The largest absolute Gasteiger partial charge is 0.480 e. The third-order valence-corrected chi connectivity index (χ3v) is 9.83. The molecule has 1 saturated carbocycles. The summed E-state index contributed by atoms with van der Waals surface area (Å²) in [4.78, 5) is 65.2. The fourth-order valence-electron chi connectivity index (χ4n) is 4.73. The standard InChI is InChI=1S/C27H51O21P3/c1-4-7-10-13-40-22-23(41-14-11-8-5-2)25(46-49(34,35)43-16-19(28)29)27(48-51(38,39)45-18-21(32)33)26(24(22)42-15-12-9-6-3)47-50(36,37)44-17-20(30)31/h22-27H,4-18H2,1-3H3,(H,28,29)(H,30,31)(H,32,33)(H,34,35)(H,36,37)(H,38,39). The Hall–Kier alpha value is -1.38. The van der Waals surface area contributed by atoms with Crippen molar-refractivity contribution < 1.29 is 99.4 Å². The second-order valence-corrected chi connectivity index (χ2v) is 15.5. The lowest BCUT2D eigenvalue weighted by molar-refractivity contribution is -0.249. The molecule has 0 spiro atoms. The van der Waals surface area contributed by atoms with Crippen molar-refractivity contribution in [2.45, 2.75) is 115 Å². The van der Waals surface area contributed by atoms with Crippen LogP contribution in [0.15, 0.2) is 0 Å². The van der Waals surface area contributed by atoms with Crippen LogP contribution in [0.1, 0.15) is 78.6 Å². The van der Waals surface area contributed by atoms with Gasteiger partial charge in [0.1, 0.15) is 36.6 Å². The fraction of sp³-hybridized carbons (Fsp3) is 0.889. The van der Waals surface area contributed by atoms with Crippen LogP contribution in [0.25, 0.3) is 0 Å². The molecule has 0 amide bonds. The maximum Gasteiger partial charge on any atom is 0.473 e. The molecular weight excluding hydrogens is 753 g/mol. The highest BCUT2D eigenvalue weighted by atomic mass is 31.2. The zero-order chi connectivity index (χ0) is 38.7. The summed E-state index contributed by atoms with van der Waals surface area (Å²) in [6.07, 6.45) is -5.88. The molecule has 0 heterocycles. The minimum atomic E-state index is -5.56. The molecule has 0 aromatic heterocycles. The van der Waals surface area contributed by atoms with Crippen LogP contribution in [0.2, 0.25) is 0 Å². The second-order valence-electron chi connectivity index (χ2n) is 11.2. The van der Waals surface area contributed by atoms with Crippen LogP contribution >= 0.6 is 23.5 Å². The smallest absolute Gasteiger partial charge is 0.473 e. The van der Waals surface area contributed by atoms with Crippen LogP contribution in [0.3, 0.4) is 0 Å². The summed E-state index contributed by atoms with van der Waals surface area (Å²) in [7, 11) is -16.5. The van der Waals surface area contributed by atoms with Crippen LogP contribution in [0.5, 0.6) is 0 Å². The summed E-state index contributed by atoms with van der Waals surface area (Å²) in [6.45, 7) is 1.44. The quantitative estimate of drug-likeness (QED) is 0.0447. The predicted octanol–water partition coefficient (Wildman–Crippen LogP) is 3.49. The van der Waals surface area contributed by atoms with Gasteiger partial charge in [0.15, 0.2) is 19.8 Å². The molecule has 1 fully saturated rings. The van der Waals surface area contributed by atoms with Crippen LogP contribution in [0.4, 0.5) is 0 Å². The van der Waals surface area contributed by atoms with Gasteiger partial charge in [0.05, 0.1) is 0 Å². The number of carboxylic acid groups (broad SMARTS) is 3. The van der Waals surface area contributed by atoms with Crippen LogP contribution in [-0.2, 0) is 69.4 Å². The summed E-state index contributed by atoms with van der Waals surface area (Å²) in [5.74, 6) is -5.08. The summed E-state index contributed by atoms with van der Waals surface area (Å²) in [5, 5.41) is 27.1. The van der Waals surface area contributed by atoms with Crippen molar-refractivity contribution in [1.82, 2.24) is 0 Å². The summed E-state index contributed by atoms with van der Waals surface area (Å²) < 4.78 is 87.2. The van der Waals surface area contributed by atoms with Crippen molar-refractivity contribution >= 4 is 41.4 Å². The third-order valence-electron chi connectivity index (χ3n) is 6.94. The lowest BCUT2D eigenvalue weighted by atomic mass is 9.84. The molecule has 0 aromatic carbocycles. The van der Waals surface area contributed by atoms with Crippen LogP contribution < -0.4 is 0 Å². The lowest BCUT2D eigenvalue weighted by Gasteiger charge is -2.49. The van der Waals surface area contributed by atoms with E-state index in [2.05, 4.69) is 13.6 Å². The van der Waals surface area contributed by atoms with Crippen molar-refractivity contribution in [2.24, 2.45) is 0 Å². The van der Waals surface area contributed by atoms with E-state index in [0.717, 1.165) is 19.3 Å². The minimum Gasteiger partial charge on any atom is -0.480 e. The van der Waals surface area contributed by atoms with Crippen molar-refractivity contribution in [1.29, 1.82) is 0 Å². The molecular formula is C27H51O21P3. The Bertz CT molecular complexity index is 1140. The summed E-state index contributed by atoms with van der Waals surface area (Å²) in [6, 6.07) is 0. The average Bonchev–Trinajstić information content (AvgIpc) is 3.04. The topological polar surface area (TPSA) is 307 Å². The number of ether oxygens (including phenoxy) is 3. The molecule has 0 saturated heterocycles. The molecule has 1 aliphatic carbocycles. The number of aliphatic carboxylic acids is 3. The van der Waals surface area contributed by atoms with Gasteiger partial charge in [-0.2, -0.15) is 0 Å². The van der Waals surface area contributed by atoms with Crippen molar-refractivity contribution in [3.63, 3.8) is 0 Å². The van der Waals surface area contributed by atoms with E-state index < -0.39 is 97.8 Å². The first kappa shape index (κ1) is 47.6. The molecule has 6 N–H and O–H groups in total. The molecule has 51 heavy (non-hydrogen) atoms. The predicted molar refractivity (Wildman–Crippen MR) is 173 cm³/mol. The first-order valence-corrected chi connectivity index (χ1v) is 20.8. The molecule has 0 aromatic rings. The van der Waals surface area contributed by atoms with Crippen molar-refractivity contribution in [3.05, 3.63) is 0 Å². The number of unbranched alkanes of at least 4 members (excludes halogenated alkanes) is 6. The van der Waals surface area contributed by atoms with E-state index in [1.165, 1.54) is 0 Å². The van der Waals surface area contributed by atoms with Gasteiger partial charge in [-0.15, -0.1) is 0 Å². The number of hydrogen-bond acceptors (Lipinski definition) is 15. The zero-order valence-electron chi connectivity index (χ0n) is 28.7. The number of rotatable bonds is 30. The van der Waals surface area contributed by atoms with Crippen LogP contribution in [-0.4, -0.2) is 124 Å². The molecule has 0 bridgehead atoms. The lowest BCUT2D eigenvalue weighted by Crippen LogP contribution is -2.67. The third kappa shape index (κ3) is 19.5. The Labute approximate surface area is 295 Å². The normalized spacial score (nSPS) is 25.8. The molecule has 7 atom stereocenters. The summed E-state index contributed by atoms with van der Waals surface area (Å²) in [5.41, 5.74) is 0. The van der Waals surface area contributed by atoms with Gasteiger partial charge in [0.25, 0.3) is 0 Å². The maximum atomic E-state index is 13.1. The van der Waals surface area contributed by atoms with Gasteiger partial charge >= 0.3 is 41.4 Å². The number of carbonyl (C=O) groups is 3. The Kier molecular flexibility index (Phi) is 22.5. The Morgan fingerprint density at radius 1 is 0.451 bits per heavy atom. The highest BCUT2D eigenvalue weighted by molar-refractivity contribution is 7.48. The molecule has 1 aliphatic rings. The summed E-state index contributed by atoms with van der Waals surface area (Å²) >= 11 is 0. The molecule has 0 aliphatic heterocycles. The van der Waals surface area contributed by atoms with E-state index in [1.807, 2.05) is 20.8 Å². The number of phosphoric acid groups is 3. The van der Waals surface area contributed by atoms with E-state index in [1.54, 1.807) is 0 Å². The first-order valence-electron chi connectivity index (χ1n) is 16.4. The number of carboxylic acids is 3. The SMILES string of the molecule is CCCCCOC1C(OCCCCC)C(OP(=O)(O)OCC(=O)O)C(OP(=O)(O)OCC(=O)O)C(OP(=O)(O)OCC(=O)O)C1OCCCCC. The van der Waals surface area contributed by atoms with Gasteiger partial charge < -0.3 is 44.2 Å². The van der Waals surface area contributed by atoms with E-state index in [4.69, 9.17) is 43.1 Å². The molecule has 7 unspecified atom stereocenters. The highest BCUT2D eigenvalue weighted by Gasteiger charge is 2.60. The number of hydrogen-bond donors (Lipinski definition) is 6. The van der Waals surface area contributed by atoms with Gasteiger partial charge in [-0.05, 0) is 19.3 Å². The van der Waals surface area contributed by atoms with Gasteiger partial charge in [-0.25, -0.2) is 28.1 Å². The van der Waals surface area contributed by atoms with E-state index in [9.17, 15) is 42.8 Å². The van der Waals surface area contributed by atoms with E-state index in [-0.39, 0.29) is 19.8 Å². The molecule has 21 nitrogen and oxygen atoms in total. The first-order chi connectivity index (χ1) is 23.9. The molecule has 24 heteroatoms. The highest BCUT2D eigenvalue weighted by Crippen LogP contribution is 2.55. The fourth-order valence-corrected chi connectivity index (χ4v) is 7.37. The van der Waals surface area contributed by atoms with Gasteiger partial charge in [-0.1, -0.05) is 59.3 Å². The maximum absolute atomic E-state index is 13.1. The monoisotopic (exact) mass is 804 g/mol.